The maximum Gasteiger partial charge on any atom is 0.290 e. The first-order valence-electron chi connectivity index (χ1n) is 11.2. The summed E-state index contributed by atoms with van der Waals surface area (Å²) in [5.74, 6) is -0.0458. The van der Waals surface area contributed by atoms with Crippen LogP contribution in [0.1, 0.15) is 29.0 Å². The number of fused-ring (bicyclic) bond motifs is 1. The number of thiophene rings is 1. The lowest BCUT2D eigenvalue weighted by Gasteiger charge is -2.29. The van der Waals surface area contributed by atoms with E-state index in [0.29, 0.717) is 18.7 Å². The van der Waals surface area contributed by atoms with E-state index in [-0.39, 0.29) is 24.2 Å². The van der Waals surface area contributed by atoms with Crippen LogP contribution in [0.15, 0.2) is 96.1 Å². The highest BCUT2D eigenvalue weighted by atomic mass is 32.1. The second-order valence-electron chi connectivity index (χ2n) is 8.21. The summed E-state index contributed by atoms with van der Waals surface area (Å²) in [6.07, 6.45) is 1.95. The number of ether oxygens (including phenoxy) is 2. The van der Waals surface area contributed by atoms with Gasteiger partial charge >= 0.3 is 0 Å². The SMILES string of the molecule is O=C(Nc1ccccc1)C1=C[C@H](c2csc3ccccc23)C[C@H](OCc2ccc(CO)cc2)O1. The van der Waals surface area contributed by atoms with Gasteiger partial charge in [0.1, 0.15) is 0 Å². The number of rotatable bonds is 7. The second kappa shape index (κ2) is 10.2. The first-order chi connectivity index (χ1) is 16.7. The summed E-state index contributed by atoms with van der Waals surface area (Å²) in [7, 11) is 0. The first-order valence-corrected chi connectivity index (χ1v) is 12.1. The minimum atomic E-state index is -0.567. The van der Waals surface area contributed by atoms with Crippen LogP contribution in [0.4, 0.5) is 5.69 Å². The highest BCUT2D eigenvalue weighted by Gasteiger charge is 2.30. The van der Waals surface area contributed by atoms with E-state index in [1.807, 2.05) is 72.8 Å². The van der Waals surface area contributed by atoms with Crippen LogP contribution in [0.5, 0.6) is 0 Å². The smallest absolute Gasteiger partial charge is 0.290 e. The molecule has 0 spiro atoms. The maximum atomic E-state index is 13.1. The van der Waals surface area contributed by atoms with E-state index in [9.17, 15) is 9.90 Å². The molecule has 5 nitrogen and oxygen atoms in total. The fourth-order valence-electron chi connectivity index (χ4n) is 4.06. The van der Waals surface area contributed by atoms with Crippen molar-refractivity contribution >= 4 is 33.0 Å². The standard InChI is InChI=1S/C28H25NO4S/c30-16-19-10-12-20(13-11-19)17-32-27-15-21(24-18-34-26-9-5-4-8-23(24)26)14-25(33-27)28(31)29-22-6-2-1-3-7-22/h1-14,18,21,27,30H,15-17H2,(H,29,31)/t21-,27+/m0/s1. The number of carbonyl (C=O) groups is 1. The molecule has 0 radical (unpaired) electrons. The summed E-state index contributed by atoms with van der Waals surface area (Å²) in [5.41, 5.74) is 3.71. The zero-order valence-corrected chi connectivity index (χ0v) is 19.3. The van der Waals surface area contributed by atoms with Crippen LogP contribution >= 0.6 is 11.3 Å². The van der Waals surface area contributed by atoms with E-state index in [1.54, 1.807) is 11.3 Å². The number of hydrogen-bond donors (Lipinski definition) is 2. The minimum absolute atomic E-state index is 0.00777. The monoisotopic (exact) mass is 471 g/mol. The fraction of sp³-hybridized carbons (Fsp3) is 0.179. The second-order valence-corrected chi connectivity index (χ2v) is 9.12. The van der Waals surface area contributed by atoms with E-state index in [2.05, 4.69) is 22.8 Å². The van der Waals surface area contributed by atoms with Crippen molar-refractivity contribution in [3.05, 3.63) is 113 Å². The quantitative estimate of drug-likeness (QED) is 0.349. The molecule has 1 aliphatic heterocycles. The zero-order valence-electron chi connectivity index (χ0n) is 18.5. The van der Waals surface area contributed by atoms with Crippen molar-refractivity contribution in [2.45, 2.75) is 31.8 Å². The van der Waals surface area contributed by atoms with Gasteiger partial charge in [0.2, 0.25) is 6.29 Å². The molecule has 0 saturated heterocycles. The molecule has 34 heavy (non-hydrogen) atoms. The van der Waals surface area contributed by atoms with Crippen LogP contribution in [0.25, 0.3) is 10.1 Å². The van der Waals surface area contributed by atoms with Crippen LogP contribution in [-0.4, -0.2) is 17.3 Å². The summed E-state index contributed by atoms with van der Waals surface area (Å²) in [6.45, 7) is 0.356. The number of para-hydroxylation sites is 1. The molecule has 0 unspecified atom stereocenters. The minimum Gasteiger partial charge on any atom is -0.459 e. The van der Waals surface area contributed by atoms with Crippen molar-refractivity contribution in [1.29, 1.82) is 0 Å². The van der Waals surface area contributed by atoms with Crippen molar-refractivity contribution in [3.8, 4) is 0 Å². The van der Waals surface area contributed by atoms with Crippen molar-refractivity contribution in [1.82, 2.24) is 0 Å². The van der Waals surface area contributed by atoms with E-state index < -0.39 is 6.29 Å². The lowest BCUT2D eigenvalue weighted by Crippen LogP contribution is -2.29. The van der Waals surface area contributed by atoms with Gasteiger partial charge in [-0.1, -0.05) is 60.7 Å². The summed E-state index contributed by atoms with van der Waals surface area (Å²) in [4.78, 5) is 13.1. The maximum absolute atomic E-state index is 13.1. The molecule has 172 valence electrons. The number of allylic oxidation sites excluding steroid dienone is 1. The molecule has 0 bridgehead atoms. The average Bonchev–Trinajstić information content (AvgIpc) is 3.32. The predicted molar refractivity (Wildman–Crippen MR) is 134 cm³/mol. The largest absolute Gasteiger partial charge is 0.459 e. The van der Waals surface area contributed by atoms with Crippen molar-refractivity contribution in [2.75, 3.05) is 5.32 Å². The number of amides is 1. The van der Waals surface area contributed by atoms with E-state index >= 15 is 0 Å². The number of carbonyl (C=O) groups excluding carboxylic acids is 1. The van der Waals surface area contributed by atoms with Gasteiger partial charge in [0.25, 0.3) is 5.91 Å². The average molecular weight is 472 g/mol. The Hall–Kier alpha value is -3.45. The van der Waals surface area contributed by atoms with Gasteiger partial charge in [0.05, 0.1) is 13.2 Å². The van der Waals surface area contributed by atoms with Crippen molar-refractivity contribution in [3.63, 3.8) is 0 Å². The predicted octanol–water partition coefficient (Wildman–Crippen LogP) is 5.96. The number of aliphatic hydroxyl groups excluding tert-OH is 1. The van der Waals surface area contributed by atoms with Crippen molar-refractivity contribution < 1.29 is 19.4 Å². The molecule has 1 aliphatic rings. The Morgan fingerprint density at radius 3 is 2.53 bits per heavy atom. The van der Waals surface area contributed by atoms with Gasteiger partial charge in [-0.3, -0.25) is 4.79 Å². The molecule has 0 aliphatic carbocycles. The lowest BCUT2D eigenvalue weighted by molar-refractivity contribution is -0.147. The van der Waals surface area contributed by atoms with E-state index in [0.717, 1.165) is 11.1 Å². The van der Waals surface area contributed by atoms with Crippen LogP contribution < -0.4 is 5.32 Å². The molecule has 0 saturated carbocycles. The van der Waals surface area contributed by atoms with Gasteiger partial charge in [0.15, 0.2) is 5.76 Å². The molecule has 6 heteroatoms. The third kappa shape index (κ3) is 5.04. The molecule has 1 amide bonds. The fourth-order valence-corrected chi connectivity index (χ4v) is 5.09. The number of aliphatic hydroxyl groups is 1. The lowest BCUT2D eigenvalue weighted by atomic mass is 9.92. The molecule has 2 N–H and O–H groups in total. The van der Waals surface area contributed by atoms with E-state index in [1.165, 1.54) is 15.6 Å². The third-order valence-electron chi connectivity index (χ3n) is 5.86. The molecule has 0 fully saturated rings. The Morgan fingerprint density at radius 2 is 1.74 bits per heavy atom. The van der Waals surface area contributed by atoms with Gasteiger partial charge in [-0.25, -0.2) is 0 Å². The Balaban J connectivity index is 1.38. The molecule has 5 rings (SSSR count). The summed E-state index contributed by atoms with van der Waals surface area (Å²) in [5, 5.41) is 15.5. The topological polar surface area (TPSA) is 67.8 Å². The third-order valence-corrected chi connectivity index (χ3v) is 6.85. The van der Waals surface area contributed by atoms with Crippen LogP contribution in [-0.2, 0) is 27.5 Å². The molecule has 2 heterocycles. The highest BCUT2D eigenvalue weighted by Crippen LogP contribution is 2.38. The van der Waals surface area contributed by atoms with Crippen LogP contribution in [0, 0.1) is 0 Å². The normalized spacial score (nSPS) is 17.7. The Bertz CT molecular complexity index is 1300. The molecule has 4 aromatic rings. The van der Waals surface area contributed by atoms with Crippen LogP contribution in [0.2, 0.25) is 0 Å². The Kier molecular flexibility index (Phi) is 6.72. The molecular weight excluding hydrogens is 446 g/mol. The number of hydrogen-bond acceptors (Lipinski definition) is 5. The summed E-state index contributed by atoms with van der Waals surface area (Å²) >= 11 is 1.70. The highest BCUT2D eigenvalue weighted by molar-refractivity contribution is 7.17. The molecule has 1 aromatic heterocycles. The number of nitrogens with one attached hydrogen (secondary N) is 1. The van der Waals surface area contributed by atoms with Gasteiger partial charge in [-0.15, -0.1) is 11.3 Å². The molecule has 3 aromatic carbocycles. The summed E-state index contributed by atoms with van der Waals surface area (Å²) < 4.78 is 13.3. The molecular formula is C28H25NO4S. The van der Waals surface area contributed by atoms with E-state index in [4.69, 9.17) is 9.47 Å². The number of benzene rings is 3. The first kappa shape index (κ1) is 22.3. The van der Waals surface area contributed by atoms with Gasteiger partial charge in [0, 0.05) is 22.7 Å². The van der Waals surface area contributed by atoms with Gasteiger partial charge in [-0.2, -0.15) is 0 Å². The van der Waals surface area contributed by atoms with Gasteiger partial charge < -0.3 is 19.9 Å². The Morgan fingerprint density at radius 1 is 1.00 bits per heavy atom. The number of anilines is 1. The van der Waals surface area contributed by atoms with Crippen LogP contribution in [0.3, 0.4) is 0 Å². The zero-order chi connectivity index (χ0) is 23.3. The van der Waals surface area contributed by atoms with Crippen molar-refractivity contribution in [2.24, 2.45) is 0 Å². The summed E-state index contributed by atoms with van der Waals surface area (Å²) in [6, 6.07) is 25.2. The molecule has 2 atom stereocenters. The van der Waals surface area contributed by atoms with Gasteiger partial charge in [-0.05, 0) is 51.7 Å². The Labute approximate surface area is 202 Å².